The van der Waals surface area contributed by atoms with Crippen LogP contribution in [0.3, 0.4) is 0 Å². The van der Waals surface area contributed by atoms with Crippen molar-refractivity contribution in [3.05, 3.63) is 34.9 Å². The van der Waals surface area contributed by atoms with Crippen LogP contribution in [0.2, 0.25) is 0 Å². The molecule has 1 fully saturated rings. The summed E-state index contributed by atoms with van der Waals surface area (Å²) in [5.74, 6) is 0.355. The molecular formula is C16H19NO2. The maximum Gasteiger partial charge on any atom is 0.144 e. The molecule has 1 aliphatic heterocycles. The Hall–Kier alpha value is -1.64. The van der Waals surface area contributed by atoms with Crippen molar-refractivity contribution < 1.29 is 9.63 Å². The van der Waals surface area contributed by atoms with Crippen LogP contribution >= 0.6 is 0 Å². The van der Waals surface area contributed by atoms with Gasteiger partial charge in [0.1, 0.15) is 11.4 Å². The van der Waals surface area contributed by atoms with Gasteiger partial charge in [-0.05, 0) is 49.4 Å². The first-order valence-corrected chi connectivity index (χ1v) is 6.92. The highest BCUT2D eigenvalue weighted by atomic mass is 16.7. The van der Waals surface area contributed by atoms with E-state index in [9.17, 15) is 4.79 Å². The summed E-state index contributed by atoms with van der Waals surface area (Å²) in [5, 5.41) is 4.28. The molecule has 3 nitrogen and oxygen atoms in total. The van der Waals surface area contributed by atoms with Crippen LogP contribution in [0.1, 0.15) is 48.8 Å². The van der Waals surface area contributed by atoms with E-state index in [0.29, 0.717) is 18.6 Å². The Morgan fingerprint density at radius 2 is 1.89 bits per heavy atom. The zero-order valence-corrected chi connectivity index (χ0v) is 11.5. The molecule has 1 spiro atoms. The van der Waals surface area contributed by atoms with Crippen LogP contribution in [-0.2, 0) is 9.63 Å². The lowest BCUT2D eigenvalue weighted by Crippen LogP contribution is -2.34. The van der Waals surface area contributed by atoms with Crippen molar-refractivity contribution in [1.29, 1.82) is 0 Å². The number of hydrogen-bond acceptors (Lipinski definition) is 3. The first-order valence-electron chi connectivity index (χ1n) is 6.92. The van der Waals surface area contributed by atoms with Crippen molar-refractivity contribution in [2.75, 3.05) is 0 Å². The SMILES string of the molecule is Cc1ccc(C2=NOC3(CCC(=O)CC3)C2)cc1C. The van der Waals surface area contributed by atoms with Gasteiger partial charge in [-0.15, -0.1) is 0 Å². The Balaban J connectivity index is 1.78. The predicted octanol–water partition coefficient (Wildman–Crippen LogP) is 3.31. The van der Waals surface area contributed by atoms with Crippen molar-refractivity contribution in [2.24, 2.45) is 5.16 Å². The van der Waals surface area contributed by atoms with Crippen molar-refractivity contribution in [3.8, 4) is 0 Å². The smallest absolute Gasteiger partial charge is 0.144 e. The number of nitrogens with zero attached hydrogens (tertiary/aromatic N) is 1. The third-order valence-electron chi connectivity index (χ3n) is 4.40. The number of carbonyl (C=O) groups excluding carboxylic acids is 1. The van der Waals surface area contributed by atoms with Gasteiger partial charge in [0, 0.05) is 19.3 Å². The summed E-state index contributed by atoms with van der Waals surface area (Å²) in [5.41, 5.74) is 4.54. The highest BCUT2D eigenvalue weighted by Crippen LogP contribution is 2.38. The number of carbonyl (C=O) groups is 1. The van der Waals surface area contributed by atoms with Gasteiger partial charge in [-0.1, -0.05) is 17.3 Å². The van der Waals surface area contributed by atoms with Crippen LogP contribution < -0.4 is 0 Å². The Morgan fingerprint density at radius 1 is 1.16 bits per heavy atom. The lowest BCUT2D eigenvalue weighted by Gasteiger charge is -2.29. The molecule has 1 saturated carbocycles. The van der Waals surface area contributed by atoms with Crippen molar-refractivity contribution in [3.63, 3.8) is 0 Å². The average molecular weight is 257 g/mol. The summed E-state index contributed by atoms with van der Waals surface area (Å²) in [6, 6.07) is 6.41. The molecule has 0 saturated heterocycles. The number of ketones is 1. The number of aryl methyl sites for hydroxylation is 2. The Morgan fingerprint density at radius 3 is 2.58 bits per heavy atom. The fourth-order valence-corrected chi connectivity index (χ4v) is 2.85. The van der Waals surface area contributed by atoms with E-state index >= 15 is 0 Å². The quantitative estimate of drug-likeness (QED) is 0.774. The molecule has 0 aromatic heterocycles. The predicted molar refractivity (Wildman–Crippen MR) is 74.4 cm³/mol. The largest absolute Gasteiger partial charge is 0.389 e. The van der Waals surface area contributed by atoms with E-state index in [-0.39, 0.29) is 5.60 Å². The summed E-state index contributed by atoms with van der Waals surface area (Å²) >= 11 is 0. The molecule has 0 radical (unpaired) electrons. The van der Waals surface area contributed by atoms with Gasteiger partial charge in [-0.25, -0.2) is 0 Å². The molecule has 1 aromatic rings. The van der Waals surface area contributed by atoms with Gasteiger partial charge in [-0.3, -0.25) is 4.79 Å². The zero-order chi connectivity index (χ0) is 13.5. The Bertz CT molecular complexity index is 550. The van der Waals surface area contributed by atoms with E-state index in [1.165, 1.54) is 11.1 Å². The minimum Gasteiger partial charge on any atom is -0.389 e. The van der Waals surface area contributed by atoms with Gasteiger partial charge in [-0.2, -0.15) is 0 Å². The fourth-order valence-electron chi connectivity index (χ4n) is 2.85. The van der Waals surface area contributed by atoms with Gasteiger partial charge in [0.15, 0.2) is 0 Å². The average Bonchev–Trinajstić information content (AvgIpc) is 2.81. The molecule has 0 amide bonds. The molecule has 0 atom stereocenters. The van der Waals surface area contributed by atoms with Gasteiger partial charge in [0.2, 0.25) is 0 Å². The van der Waals surface area contributed by atoms with E-state index in [0.717, 1.165) is 30.5 Å². The molecule has 0 bridgehead atoms. The molecule has 3 heteroatoms. The highest BCUT2D eigenvalue weighted by molar-refractivity contribution is 6.02. The first-order chi connectivity index (χ1) is 9.08. The Labute approximate surface area is 113 Å². The summed E-state index contributed by atoms with van der Waals surface area (Å²) in [4.78, 5) is 17.0. The van der Waals surface area contributed by atoms with Crippen LogP contribution in [0.25, 0.3) is 0 Å². The topological polar surface area (TPSA) is 38.7 Å². The van der Waals surface area contributed by atoms with Gasteiger partial charge in [0.05, 0.1) is 5.71 Å². The Kier molecular flexibility index (Phi) is 2.92. The second kappa shape index (κ2) is 4.48. The van der Waals surface area contributed by atoms with Crippen LogP contribution in [0.4, 0.5) is 0 Å². The van der Waals surface area contributed by atoms with Crippen molar-refractivity contribution in [1.82, 2.24) is 0 Å². The van der Waals surface area contributed by atoms with Gasteiger partial charge in [0.25, 0.3) is 0 Å². The molecule has 19 heavy (non-hydrogen) atoms. The van der Waals surface area contributed by atoms with Crippen molar-refractivity contribution >= 4 is 11.5 Å². The second-order valence-electron chi connectivity index (χ2n) is 5.83. The first kappa shape index (κ1) is 12.4. The summed E-state index contributed by atoms with van der Waals surface area (Å²) in [6.45, 7) is 4.23. The molecule has 0 N–H and O–H groups in total. The summed E-state index contributed by atoms with van der Waals surface area (Å²) in [7, 11) is 0. The number of Topliss-reactive ketones (excluding diaryl/α,β-unsaturated/α-hetero) is 1. The lowest BCUT2D eigenvalue weighted by atomic mass is 9.80. The molecule has 3 rings (SSSR count). The number of oxime groups is 1. The van der Waals surface area contributed by atoms with E-state index in [1.807, 2.05) is 0 Å². The van der Waals surface area contributed by atoms with Crippen LogP contribution in [0, 0.1) is 13.8 Å². The highest BCUT2D eigenvalue weighted by Gasteiger charge is 2.42. The minimum absolute atomic E-state index is 0.206. The molecule has 100 valence electrons. The van der Waals surface area contributed by atoms with E-state index in [4.69, 9.17) is 4.84 Å². The van der Waals surface area contributed by atoms with E-state index in [1.54, 1.807) is 0 Å². The lowest BCUT2D eigenvalue weighted by molar-refractivity contribution is -0.127. The number of rotatable bonds is 1. The van der Waals surface area contributed by atoms with E-state index in [2.05, 4.69) is 37.2 Å². The normalized spacial score (nSPS) is 21.4. The summed E-state index contributed by atoms with van der Waals surface area (Å²) in [6.07, 6.45) is 3.72. The maximum absolute atomic E-state index is 11.3. The molecule has 0 unspecified atom stereocenters. The molecule has 2 aliphatic rings. The number of benzene rings is 1. The van der Waals surface area contributed by atoms with E-state index < -0.39 is 0 Å². The standard InChI is InChI=1S/C16H19NO2/c1-11-3-4-13(9-12(11)2)15-10-16(19-17-15)7-5-14(18)6-8-16/h3-4,9H,5-8,10H2,1-2H3. The molecule has 1 aromatic carbocycles. The van der Waals surface area contributed by atoms with Gasteiger partial charge >= 0.3 is 0 Å². The third-order valence-corrected chi connectivity index (χ3v) is 4.40. The van der Waals surface area contributed by atoms with Crippen LogP contribution in [0.5, 0.6) is 0 Å². The molecular weight excluding hydrogens is 238 g/mol. The summed E-state index contributed by atoms with van der Waals surface area (Å²) < 4.78 is 0. The van der Waals surface area contributed by atoms with Crippen LogP contribution in [-0.4, -0.2) is 17.1 Å². The zero-order valence-electron chi connectivity index (χ0n) is 11.5. The van der Waals surface area contributed by atoms with Crippen molar-refractivity contribution in [2.45, 2.75) is 51.6 Å². The third kappa shape index (κ3) is 2.29. The monoisotopic (exact) mass is 257 g/mol. The van der Waals surface area contributed by atoms with Crippen LogP contribution in [0.15, 0.2) is 23.4 Å². The number of hydrogen-bond donors (Lipinski definition) is 0. The fraction of sp³-hybridized carbons (Fsp3) is 0.500. The minimum atomic E-state index is -0.206. The second-order valence-corrected chi connectivity index (χ2v) is 5.83. The molecule has 1 heterocycles. The molecule has 1 aliphatic carbocycles. The van der Waals surface area contributed by atoms with Gasteiger partial charge < -0.3 is 4.84 Å². The maximum atomic E-state index is 11.3.